The van der Waals surface area contributed by atoms with E-state index >= 15 is 0 Å². The van der Waals surface area contributed by atoms with Crippen molar-refractivity contribution in [2.24, 2.45) is 7.05 Å². The van der Waals surface area contributed by atoms with Crippen molar-refractivity contribution in [1.29, 1.82) is 0 Å². The zero-order valence-electron chi connectivity index (χ0n) is 13.8. The van der Waals surface area contributed by atoms with Crippen molar-refractivity contribution in [1.82, 2.24) is 9.78 Å². The molecule has 3 aromatic rings. The number of hydrogen-bond acceptors (Lipinski definition) is 2. The number of aryl methyl sites for hydroxylation is 1. The lowest BCUT2D eigenvalue weighted by molar-refractivity contribution is 0.257. The normalized spacial score (nSPS) is 10.4. The van der Waals surface area contributed by atoms with Crippen LogP contribution in [-0.2, 0) is 7.05 Å². The van der Waals surface area contributed by atoms with Crippen LogP contribution in [0, 0.1) is 0 Å². The number of benzene rings is 2. The van der Waals surface area contributed by atoms with Crippen molar-refractivity contribution < 1.29 is 4.79 Å². The summed E-state index contributed by atoms with van der Waals surface area (Å²) >= 11 is 0. The molecule has 2 amide bonds. The maximum Gasteiger partial charge on any atom is 0.327 e. The molecule has 24 heavy (non-hydrogen) atoms. The molecule has 0 radical (unpaired) electrons. The van der Waals surface area contributed by atoms with Gasteiger partial charge in [-0.1, -0.05) is 48.5 Å². The zero-order chi connectivity index (χ0) is 16.9. The molecule has 1 aromatic heterocycles. The molecule has 0 aliphatic heterocycles. The van der Waals surface area contributed by atoms with Crippen LogP contribution in [0.4, 0.5) is 16.3 Å². The van der Waals surface area contributed by atoms with Crippen molar-refractivity contribution in [3.05, 3.63) is 66.7 Å². The molecule has 5 nitrogen and oxygen atoms in total. The lowest BCUT2D eigenvalue weighted by Gasteiger charge is -2.20. The highest BCUT2D eigenvalue weighted by molar-refractivity contribution is 6.01. The van der Waals surface area contributed by atoms with Gasteiger partial charge in [0.25, 0.3) is 0 Å². The van der Waals surface area contributed by atoms with E-state index in [4.69, 9.17) is 0 Å². The number of carbonyl (C=O) groups excluding carboxylic acids is 1. The topological polar surface area (TPSA) is 50.2 Å². The van der Waals surface area contributed by atoms with Crippen LogP contribution < -0.4 is 10.2 Å². The van der Waals surface area contributed by atoms with Gasteiger partial charge in [-0.3, -0.25) is 14.9 Å². The SMILES string of the molecule is CCN(C(=O)Nc1cc(-c2ccccc2)n(C)n1)c1ccccc1. The van der Waals surface area contributed by atoms with Gasteiger partial charge in [0.2, 0.25) is 0 Å². The molecule has 0 unspecified atom stereocenters. The molecular formula is C19H20N4O. The summed E-state index contributed by atoms with van der Waals surface area (Å²) in [6, 6.07) is 21.3. The Morgan fingerprint density at radius 3 is 2.33 bits per heavy atom. The Balaban J connectivity index is 1.80. The molecule has 0 saturated heterocycles. The number of amides is 2. The predicted molar refractivity (Wildman–Crippen MR) is 97.1 cm³/mol. The second-order valence-corrected chi connectivity index (χ2v) is 5.41. The molecule has 2 aromatic carbocycles. The van der Waals surface area contributed by atoms with E-state index in [1.165, 1.54) is 0 Å². The van der Waals surface area contributed by atoms with Gasteiger partial charge in [0.15, 0.2) is 5.82 Å². The molecule has 0 aliphatic carbocycles. The number of para-hydroxylation sites is 1. The molecule has 0 saturated carbocycles. The van der Waals surface area contributed by atoms with Crippen LogP contribution in [0.5, 0.6) is 0 Å². The maximum atomic E-state index is 12.6. The highest BCUT2D eigenvalue weighted by atomic mass is 16.2. The summed E-state index contributed by atoms with van der Waals surface area (Å²) in [6.07, 6.45) is 0. The molecule has 5 heteroatoms. The van der Waals surface area contributed by atoms with Gasteiger partial charge in [0.05, 0.1) is 5.69 Å². The third-order valence-electron chi connectivity index (χ3n) is 3.81. The number of aromatic nitrogens is 2. The number of rotatable bonds is 4. The average Bonchev–Trinajstić information content (AvgIpc) is 2.97. The number of carbonyl (C=O) groups is 1. The lowest BCUT2D eigenvalue weighted by atomic mass is 10.1. The van der Waals surface area contributed by atoms with Gasteiger partial charge in [0.1, 0.15) is 0 Å². The van der Waals surface area contributed by atoms with E-state index in [2.05, 4.69) is 10.4 Å². The molecule has 0 spiro atoms. The van der Waals surface area contributed by atoms with Crippen LogP contribution >= 0.6 is 0 Å². The van der Waals surface area contributed by atoms with Gasteiger partial charge < -0.3 is 0 Å². The first kappa shape index (κ1) is 15.8. The summed E-state index contributed by atoms with van der Waals surface area (Å²) in [5.74, 6) is 0.538. The average molecular weight is 320 g/mol. The maximum absolute atomic E-state index is 12.6. The van der Waals surface area contributed by atoms with Gasteiger partial charge in [-0.25, -0.2) is 4.79 Å². The summed E-state index contributed by atoms with van der Waals surface area (Å²) in [5, 5.41) is 7.27. The summed E-state index contributed by atoms with van der Waals surface area (Å²) < 4.78 is 1.77. The Bertz CT molecular complexity index is 812. The second-order valence-electron chi connectivity index (χ2n) is 5.41. The van der Waals surface area contributed by atoms with E-state index in [1.54, 1.807) is 9.58 Å². The zero-order valence-corrected chi connectivity index (χ0v) is 13.8. The molecule has 0 atom stereocenters. The Hall–Kier alpha value is -3.08. The van der Waals surface area contributed by atoms with Crippen LogP contribution in [0.15, 0.2) is 66.7 Å². The van der Waals surface area contributed by atoms with E-state index < -0.39 is 0 Å². The smallest absolute Gasteiger partial charge is 0.294 e. The summed E-state index contributed by atoms with van der Waals surface area (Å²) in [6.45, 7) is 2.52. The Morgan fingerprint density at radius 2 is 1.71 bits per heavy atom. The minimum Gasteiger partial charge on any atom is -0.294 e. The predicted octanol–water partition coefficient (Wildman–Crippen LogP) is 4.15. The summed E-state index contributed by atoms with van der Waals surface area (Å²) in [7, 11) is 1.87. The highest BCUT2D eigenvalue weighted by Crippen LogP contribution is 2.22. The number of anilines is 2. The van der Waals surface area contributed by atoms with Crippen LogP contribution in [0.3, 0.4) is 0 Å². The Morgan fingerprint density at radius 1 is 1.08 bits per heavy atom. The first-order valence-corrected chi connectivity index (χ1v) is 7.92. The van der Waals surface area contributed by atoms with Crippen LogP contribution in [0.25, 0.3) is 11.3 Å². The largest absolute Gasteiger partial charge is 0.327 e. The van der Waals surface area contributed by atoms with Crippen molar-refractivity contribution >= 4 is 17.5 Å². The third kappa shape index (κ3) is 3.30. The number of nitrogens with one attached hydrogen (secondary N) is 1. The number of urea groups is 1. The van der Waals surface area contributed by atoms with E-state index in [0.717, 1.165) is 16.9 Å². The fourth-order valence-corrected chi connectivity index (χ4v) is 2.64. The highest BCUT2D eigenvalue weighted by Gasteiger charge is 2.16. The van der Waals surface area contributed by atoms with E-state index in [1.807, 2.05) is 80.7 Å². The first-order valence-electron chi connectivity index (χ1n) is 7.92. The Kier molecular flexibility index (Phi) is 4.61. The minimum absolute atomic E-state index is 0.193. The van der Waals surface area contributed by atoms with Gasteiger partial charge >= 0.3 is 6.03 Å². The van der Waals surface area contributed by atoms with Crippen molar-refractivity contribution in [3.63, 3.8) is 0 Å². The van der Waals surface area contributed by atoms with Crippen molar-refractivity contribution in [3.8, 4) is 11.3 Å². The van der Waals surface area contributed by atoms with E-state index in [0.29, 0.717) is 12.4 Å². The standard InChI is InChI=1S/C19H20N4O/c1-3-23(16-12-8-5-9-13-16)19(24)20-18-14-17(22(2)21-18)15-10-6-4-7-11-15/h4-14H,3H2,1-2H3,(H,20,21,24). The molecular weight excluding hydrogens is 300 g/mol. The van der Waals surface area contributed by atoms with Crippen molar-refractivity contribution in [2.75, 3.05) is 16.8 Å². The molecule has 0 fully saturated rings. The monoisotopic (exact) mass is 320 g/mol. The van der Waals surface area contributed by atoms with Gasteiger partial charge in [0, 0.05) is 25.3 Å². The molecule has 1 N–H and O–H groups in total. The summed E-state index contributed by atoms with van der Waals surface area (Å²) in [4.78, 5) is 14.2. The molecule has 0 aliphatic rings. The molecule has 0 bridgehead atoms. The second kappa shape index (κ2) is 7.00. The van der Waals surface area contributed by atoms with Gasteiger partial charge in [-0.2, -0.15) is 5.10 Å². The third-order valence-corrected chi connectivity index (χ3v) is 3.81. The Labute approximate surface area is 141 Å². The minimum atomic E-state index is -0.193. The fourth-order valence-electron chi connectivity index (χ4n) is 2.64. The number of hydrogen-bond donors (Lipinski definition) is 1. The molecule has 122 valence electrons. The van der Waals surface area contributed by atoms with E-state index in [-0.39, 0.29) is 6.03 Å². The van der Waals surface area contributed by atoms with Gasteiger partial charge in [-0.05, 0) is 24.6 Å². The molecule has 3 rings (SSSR count). The van der Waals surface area contributed by atoms with Crippen LogP contribution in [0.2, 0.25) is 0 Å². The van der Waals surface area contributed by atoms with Gasteiger partial charge in [-0.15, -0.1) is 0 Å². The first-order chi connectivity index (χ1) is 11.7. The summed E-state index contributed by atoms with van der Waals surface area (Å²) in [5.41, 5.74) is 2.87. The molecule has 1 heterocycles. The fraction of sp³-hybridized carbons (Fsp3) is 0.158. The van der Waals surface area contributed by atoms with Crippen molar-refractivity contribution in [2.45, 2.75) is 6.92 Å². The quantitative estimate of drug-likeness (QED) is 0.785. The van der Waals surface area contributed by atoms with Crippen LogP contribution in [-0.4, -0.2) is 22.4 Å². The number of nitrogens with zero attached hydrogens (tertiary/aromatic N) is 3. The van der Waals surface area contributed by atoms with Crippen LogP contribution in [0.1, 0.15) is 6.92 Å². The lowest BCUT2D eigenvalue weighted by Crippen LogP contribution is -2.34. The van der Waals surface area contributed by atoms with E-state index in [9.17, 15) is 4.79 Å².